The molecule has 0 amide bonds. The summed E-state index contributed by atoms with van der Waals surface area (Å²) in [6.07, 6.45) is -0.763. The molecule has 1 aliphatic rings. The summed E-state index contributed by atoms with van der Waals surface area (Å²) in [4.78, 5) is 12.3. The van der Waals surface area contributed by atoms with E-state index in [4.69, 9.17) is 4.74 Å². The number of ether oxygens (including phenoxy) is 1. The van der Waals surface area contributed by atoms with Crippen molar-refractivity contribution in [1.82, 2.24) is 0 Å². The molecule has 0 aromatic heterocycles. The van der Waals surface area contributed by atoms with Gasteiger partial charge in [-0.1, -0.05) is 37.3 Å². The van der Waals surface area contributed by atoms with Gasteiger partial charge < -0.3 is 9.84 Å². The molecular weight excluding hydrogens is 292 g/mol. The van der Waals surface area contributed by atoms with Gasteiger partial charge in [-0.2, -0.15) is 0 Å². The molecule has 0 unspecified atom stereocenters. The van der Waals surface area contributed by atoms with Gasteiger partial charge in [-0.25, -0.2) is 4.79 Å². The number of aliphatic hydroxyl groups excluding tert-OH is 1. The summed E-state index contributed by atoms with van der Waals surface area (Å²) >= 11 is 3.01. The third-order valence-electron chi connectivity index (χ3n) is 3.46. The number of hydrogen-bond acceptors (Lipinski definition) is 5. The number of esters is 1. The second-order valence-electron chi connectivity index (χ2n) is 4.73. The van der Waals surface area contributed by atoms with E-state index < -0.39 is 10.2 Å². The third kappa shape index (κ3) is 3.00. The summed E-state index contributed by atoms with van der Waals surface area (Å²) in [7, 11) is 0. The summed E-state index contributed by atoms with van der Waals surface area (Å²) in [5.74, 6) is 1.31. The molecular formula is C15H20O3S2. The predicted molar refractivity (Wildman–Crippen MR) is 85.1 cm³/mol. The Morgan fingerprint density at radius 3 is 2.50 bits per heavy atom. The average Bonchev–Trinajstić information content (AvgIpc) is 2.98. The molecule has 1 aromatic rings. The standard InChI is InChI=1S/C15H20O3S2/c1-3-18-14(17)15(19-9-10-20-15)13(16)11(2)12-7-5-4-6-8-12/h4-8,11,13,16H,3,9-10H2,1-2H3/t11-,13-/m1/s1. The van der Waals surface area contributed by atoms with Crippen molar-refractivity contribution >= 4 is 29.5 Å². The molecule has 1 N–H and O–H groups in total. The fraction of sp³-hybridized carbons (Fsp3) is 0.533. The van der Waals surface area contributed by atoms with Crippen LogP contribution in [0.3, 0.4) is 0 Å². The highest BCUT2D eigenvalue weighted by atomic mass is 32.2. The number of aliphatic hydroxyl groups is 1. The second-order valence-corrected chi connectivity index (χ2v) is 7.67. The molecule has 0 saturated carbocycles. The Labute approximate surface area is 128 Å². The molecule has 20 heavy (non-hydrogen) atoms. The smallest absolute Gasteiger partial charge is 0.335 e. The first-order valence-corrected chi connectivity index (χ1v) is 8.77. The maximum atomic E-state index is 12.3. The van der Waals surface area contributed by atoms with E-state index in [1.165, 1.54) is 23.5 Å². The Morgan fingerprint density at radius 2 is 1.95 bits per heavy atom. The lowest BCUT2D eigenvalue weighted by Gasteiger charge is -2.33. The number of carbonyl (C=O) groups is 1. The normalized spacial score (nSPS) is 20.4. The zero-order chi connectivity index (χ0) is 14.6. The van der Waals surface area contributed by atoms with Gasteiger partial charge in [0.2, 0.25) is 0 Å². The van der Waals surface area contributed by atoms with Crippen LogP contribution in [-0.2, 0) is 9.53 Å². The van der Waals surface area contributed by atoms with Crippen LogP contribution in [0.5, 0.6) is 0 Å². The Morgan fingerprint density at radius 1 is 1.35 bits per heavy atom. The van der Waals surface area contributed by atoms with Gasteiger partial charge in [-0.15, -0.1) is 23.5 Å². The van der Waals surface area contributed by atoms with Gasteiger partial charge in [0.15, 0.2) is 4.08 Å². The minimum Gasteiger partial charge on any atom is -0.464 e. The molecule has 0 spiro atoms. The number of hydrogen-bond donors (Lipinski definition) is 1. The van der Waals surface area contributed by atoms with Crippen molar-refractivity contribution in [2.75, 3.05) is 18.1 Å². The summed E-state index contributed by atoms with van der Waals surface area (Å²) in [5, 5.41) is 10.8. The van der Waals surface area contributed by atoms with Crippen molar-refractivity contribution in [1.29, 1.82) is 0 Å². The molecule has 1 aliphatic heterocycles. The Bertz CT molecular complexity index is 444. The van der Waals surface area contributed by atoms with Gasteiger partial charge in [0.05, 0.1) is 12.7 Å². The number of benzene rings is 1. The molecule has 0 bridgehead atoms. The van der Waals surface area contributed by atoms with Crippen molar-refractivity contribution in [3.8, 4) is 0 Å². The van der Waals surface area contributed by atoms with E-state index in [9.17, 15) is 9.90 Å². The highest BCUT2D eigenvalue weighted by Gasteiger charge is 2.52. The zero-order valence-electron chi connectivity index (χ0n) is 11.7. The van der Waals surface area contributed by atoms with Crippen molar-refractivity contribution in [3.63, 3.8) is 0 Å². The number of rotatable bonds is 5. The molecule has 0 radical (unpaired) electrons. The lowest BCUT2D eigenvalue weighted by atomic mass is 9.93. The monoisotopic (exact) mass is 312 g/mol. The van der Waals surface area contributed by atoms with Crippen molar-refractivity contribution < 1.29 is 14.6 Å². The predicted octanol–water partition coefficient (Wildman–Crippen LogP) is 2.89. The molecule has 1 heterocycles. The van der Waals surface area contributed by atoms with Crippen molar-refractivity contribution in [2.45, 2.75) is 29.9 Å². The SMILES string of the molecule is CCOC(=O)C1([C@H](O)[C@H](C)c2ccccc2)SCCS1. The van der Waals surface area contributed by atoms with Gasteiger partial charge in [-0.3, -0.25) is 0 Å². The van der Waals surface area contributed by atoms with E-state index in [1.54, 1.807) is 6.92 Å². The van der Waals surface area contributed by atoms with Crippen LogP contribution in [0.2, 0.25) is 0 Å². The lowest BCUT2D eigenvalue weighted by molar-refractivity contribution is -0.146. The largest absolute Gasteiger partial charge is 0.464 e. The summed E-state index contributed by atoms with van der Waals surface area (Å²) in [6, 6.07) is 9.81. The molecule has 3 nitrogen and oxygen atoms in total. The van der Waals surface area contributed by atoms with Crippen LogP contribution in [-0.4, -0.2) is 39.4 Å². The molecule has 1 fully saturated rings. The van der Waals surface area contributed by atoms with E-state index in [2.05, 4.69) is 0 Å². The molecule has 1 saturated heterocycles. The fourth-order valence-electron chi connectivity index (χ4n) is 2.34. The van der Waals surface area contributed by atoms with Gasteiger partial charge in [0.1, 0.15) is 0 Å². The van der Waals surface area contributed by atoms with E-state index in [0.717, 1.165) is 17.1 Å². The van der Waals surface area contributed by atoms with Crippen LogP contribution in [0.4, 0.5) is 0 Å². The van der Waals surface area contributed by atoms with Gasteiger partial charge in [0, 0.05) is 17.4 Å². The molecule has 1 aromatic carbocycles. The minimum absolute atomic E-state index is 0.112. The highest BCUT2D eigenvalue weighted by Crippen LogP contribution is 2.50. The fourth-order valence-corrected chi connectivity index (χ4v) is 5.55. The molecule has 2 rings (SSSR count). The first kappa shape index (κ1) is 15.7. The van der Waals surface area contributed by atoms with Crippen LogP contribution in [0.15, 0.2) is 30.3 Å². The minimum atomic E-state index is -0.884. The summed E-state index contributed by atoms with van der Waals surface area (Å²) in [6.45, 7) is 4.09. The molecule has 110 valence electrons. The van der Waals surface area contributed by atoms with E-state index in [0.29, 0.717) is 6.61 Å². The molecule has 0 aliphatic carbocycles. The quantitative estimate of drug-likeness (QED) is 0.847. The van der Waals surface area contributed by atoms with Crippen molar-refractivity contribution in [3.05, 3.63) is 35.9 Å². The first-order chi connectivity index (χ1) is 9.62. The second kappa shape index (κ2) is 6.87. The van der Waals surface area contributed by atoms with Gasteiger partial charge in [0.25, 0.3) is 0 Å². The summed E-state index contributed by atoms with van der Waals surface area (Å²) < 4.78 is 4.31. The number of thioether (sulfide) groups is 2. The Balaban J connectivity index is 2.23. The van der Waals surface area contributed by atoms with E-state index in [-0.39, 0.29) is 11.9 Å². The Hall–Kier alpha value is -0.650. The summed E-state index contributed by atoms with van der Waals surface area (Å²) in [5.41, 5.74) is 1.04. The maximum absolute atomic E-state index is 12.3. The maximum Gasteiger partial charge on any atom is 0.335 e. The highest BCUT2D eigenvalue weighted by molar-refractivity contribution is 8.22. The molecule has 2 atom stereocenters. The number of carbonyl (C=O) groups excluding carboxylic acids is 1. The topological polar surface area (TPSA) is 46.5 Å². The third-order valence-corrected chi connectivity index (χ3v) is 6.92. The Kier molecular flexibility index (Phi) is 5.41. The van der Waals surface area contributed by atoms with E-state index >= 15 is 0 Å². The van der Waals surface area contributed by atoms with Crippen LogP contribution in [0.1, 0.15) is 25.3 Å². The lowest BCUT2D eigenvalue weighted by Crippen LogP contribution is -2.46. The van der Waals surface area contributed by atoms with Crippen molar-refractivity contribution in [2.24, 2.45) is 0 Å². The van der Waals surface area contributed by atoms with Crippen LogP contribution in [0.25, 0.3) is 0 Å². The zero-order valence-corrected chi connectivity index (χ0v) is 13.4. The first-order valence-electron chi connectivity index (χ1n) is 6.80. The van der Waals surface area contributed by atoms with Crippen LogP contribution >= 0.6 is 23.5 Å². The van der Waals surface area contributed by atoms with Gasteiger partial charge >= 0.3 is 5.97 Å². The van der Waals surface area contributed by atoms with Gasteiger partial charge in [-0.05, 0) is 12.5 Å². The average molecular weight is 312 g/mol. The van der Waals surface area contributed by atoms with Crippen LogP contribution in [0, 0.1) is 0 Å². The van der Waals surface area contributed by atoms with E-state index in [1.807, 2.05) is 37.3 Å². The van der Waals surface area contributed by atoms with Crippen LogP contribution < -0.4 is 0 Å². The molecule has 5 heteroatoms.